The molecule has 29 heavy (non-hydrogen) atoms. The predicted octanol–water partition coefficient (Wildman–Crippen LogP) is 4.82. The van der Waals surface area contributed by atoms with Gasteiger partial charge in [-0.05, 0) is 42.7 Å². The summed E-state index contributed by atoms with van der Waals surface area (Å²) in [6, 6.07) is 26.4. The Morgan fingerprint density at radius 1 is 0.897 bits per heavy atom. The monoisotopic (exact) mass is 386 g/mol. The van der Waals surface area contributed by atoms with Gasteiger partial charge < -0.3 is 14.4 Å². The fourth-order valence-electron chi connectivity index (χ4n) is 3.77. The Labute approximate surface area is 171 Å². The zero-order valence-electron chi connectivity index (χ0n) is 16.8. The van der Waals surface area contributed by atoms with Crippen LogP contribution in [-0.4, -0.2) is 27.4 Å². The van der Waals surface area contributed by atoms with E-state index < -0.39 is 6.10 Å². The number of benzene rings is 3. The molecular formula is C25H26N2O2. The Hall–Kier alpha value is -2.95. The number of nitrogens with zero attached hydrogens (tertiary/aromatic N) is 2. The third-order valence-corrected chi connectivity index (χ3v) is 5.27. The molecule has 0 radical (unpaired) electrons. The highest BCUT2D eigenvalue weighted by Gasteiger charge is 2.19. The zero-order valence-corrected chi connectivity index (χ0v) is 16.8. The Kier molecular flexibility index (Phi) is 5.74. The predicted molar refractivity (Wildman–Crippen MR) is 116 cm³/mol. The van der Waals surface area contributed by atoms with E-state index in [1.807, 2.05) is 61.5 Å². The number of hydrogen-bond acceptors (Lipinski definition) is 3. The van der Waals surface area contributed by atoms with Crippen molar-refractivity contribution in [1.29, 1.82) is 0 Å². The van der Waals surface area contributed by atoms with Crippen LogP contribution in [0.3, 0.4) is 0 Å². The standard InChI is InChI=1S/C25H26N2O2/c1-18-10-6-7-13-22(18)25(20-11-4-3-5-12-20)29-17-21(28)16-27-19(2)26-23-14-8-9-15-24(23)27/h3-15,21,25,28H,16-17H2,1-2H3. The van der Waals surface area contributed by atoms with Crippen LogP contribution in [0.15, 0.2) is 78.9 Å². The quantitative estimate of drug-likeness (QED) is 0.495. The highest BCUT2D eigenvalue weighted by Crippen LogP contribution is 2.28. The third kappa shape index (κ3) is 4.24. The lowest BCUT2D eigenvalue weighted by molar-refractivity contribution is -0.000553. The summed E-state index contributed by atoms with van der Waals surface area (Å²) in [6.07, 6.45) is -0.853. The van der Waals surface area contributed by atoms with E-state index in [-0.39, 0.29) is 12.7 Å². The average molecular weight is 386 g/mol. The number of aliphatic hydroxyl groups excluding tert-OH is 1. The lowest BCUT2D eigenvalue weighted by atomic mass is 9.97. The van der Waals surface area contributed by atoms with E-state index in [1.165, 1.54) is 5.56 Å². The van der Waals surface area contributed by atoms with Crippen molar-refractivity contribution in [2.45, 2.75) is 32.6 Å². The molecule has 2 atom stereocenters. The largest absolute Gasteiger partial charge is 0.389 e. The summed E-state index contributed by atoms with van der Waals surface area (Å²) in [4.78, 5) is 4.58. The summed E-state index contributed by atoms with van der Waals surface area (Å²) in [7, 11) is 0. The number of fused-ring (bicyclic) bond motifs is 1. The highest BCUT2D eigenvalue weighted by atomic mass is 16.5. The molecule has 4 rings (SSSR count). The van der Waals surface area contributed by atoms with Crippen LogP contribution in [0.25, 0.3) is 11.0 Å². The topological polar surface area (TPSA) is 47.3 Å². The molecule has 0 saturated heterocycles. The average Bonchev–Trinajstić information content (AvgIpc) is 3.05. The van der Waals surface area contributed by atoms with Crippen molar-refractivity contribution in [1.82, 2.24) is 9.55 Å². The van der Waals surface area contributed by atoms with Gasteiger partial charge in [-0.25, -0.2) is 4.98 Å². The number of aliphatic hydroxyl groups is 1. The van der Waals surface area contributed by atoms with E-state index >= 15 is 0 Å². The molecule has 148 valence electrons. The summed E-state index contributed by atoms with van der Waals surface area (Å²) in [5, 5.41) is 10.7. The SMILES string of the molecule is Cc1ccccc1C(OCC(O)Cn1c(C)nc2ccccc21)c1ccccc1. The van der Waals surface area contributed by atoms with Gasteiger partial charge >= 0.3 is 0 Å². The van der Waals surface area contributed by atoms with Crippen LogP contribution >= 0.6 is 0 Å². The van der Waals surface area contributed by atoms with Gasteiger partial charge in [-0.1, -0.05) is 66.7 Å². The van der Waals surface area contributed by atoms with Gasteiger partial charge in [0.25, 0.3) is 0 Å². The van der Waals surface area contributed by atoms with Crippen LogP contribution in [0, 0.1) is 13.8 Å². The van der Waals surface area contributed by atoms with Gasteiger partial charge in [-0.15, -0.1) is 0 Å². The maximum atomic E-state index is 10.7. The first-order valence-electron chi connectivity index (χ1n) is 9.95. The fraction of sp³-hybridized carbons (Fsp3) is 0.240. The van der Waals surface area contributed by atoms with E-state index in [2.05, 4.69) is 40.7 Å². The van der Waals surface area contributed by atoms with Crippen LogP contribution in [0.5, 0.6) is 0 Å². The number of aryl methyl sites for hydroxylation is 2. The van der Waals surface area contributed by atoms with Crippen molar-refractivity contribution < 1.29 is 9.84 Å². The van der Waals surface area contributed by atoms with Gasteiger partial charge in [0.05, 0.1) is 30.3 Å². The van der Waals surface area contributed by atoms with Gasteiger partial charge in [0, 0.05) is 0 Å². The maximum Gasteiger partial charge on any atom is 0.108 e. The lowest BCUT2D eigenvalue weighted by Crippen LogP contribution is -2.24. The smallest absolute Gasteiger partial charge is 0.108 e. The van der Waals surface area contributed by atoms with Crippen LogP contribution in [0.1, 0.15) is 28.6 Å². The molecule has 1 heterocycles. The third-order valence-electron chi connectivity index (χ3n) is 5.27. The van der Waals surface area contributed by atoms with E-state index in [9.17, 15) is 5.11 Å². The molecule has 4 heteroatoms. The molecular weight excluding hydrogens is 360 g/mol. The molecule has 0 aliphatic rings. The number of rotatable bonds is 7. The van der Waals surface area contributed by atoms with Gasteiger partial charge in [-0.2, -0.15) is 0 Å². The van der Waals surface area contributed by atoms with Crippen molar-refractivity contribution in [2.75, 3.05) is 6.61 Å². The molecule has 0 fully saturated rings. The molecule has 4 nitrogen and oxygen atoms in total. The number of imidazole rings is 1. The first-order chi connectivity index (χ1) is 14.1. The highest BCUT2D eigenvalue weighted by molar-refractivity contribution is 5.75. The second-order valence-electron chi connectivity index (χ2n) is 7.39. The van der Waals surface area contributed by atoms with E-state index in [0.29, 0.717) is 6.54 Å². The molecule has 0 aliphatic carbocycles. The van der Waals surface area contributed by atoms with Gasteiger partial charge in [0.2, 0.25) is 0 Å². The van der Waals surface area contributed by atoms with E-state index in [1.54, 1.807) is 0 Å². The molecule has 3 aromatic carbocycles. The molecule has 0 spiro atoms. The molecule has 0 amide bonds. The van der Waals surface area contributed by atoms with Crippen LogP contribution in [0.2, 0.25) is 0 Å². The van der Waals surface area contributed by atoms with Gasteiger partial charge in [-0.3, -0.25) is 0 Å². The summed E-state index contributed by atoms with van der Waals surface area (Å²) < 4.78 is 8.32. The summed E-state index contributed by atoms with van der Waals surface area (Å²) >= 11 is 0. The van der Waals surface area contributed by atoms with Crippen molar-refractivity contribution >= 4 is 11.0 Å². The summed E-state index contributed by atoms with van der Waals surface area (Å²) in [5.41, 5.74) is 5.35. The number of aromatic nitrogens is 2. The molecule has 0 bridgehead atoms. The molecule has 4 aromatic rings. The second kappa shape index (κ2) is 8.60. The Bertz CT molecular complexity index is 1090. The molecule has 0 aliphatic heterocycles. The number of para-hydroxylation sites is 2. The number of ether oxygens (including phenoxy) is 1. The lowest BCUT2D eigenvalue weighted by Gasteiger charge is -2.23. The Morgan fingerprint density at radius 2 is 1.59 bits per heavy atom. The second-order valence-corrected chi connectivity index (χ2v) is 7.39. The van der Waals surface area contributed by atoms with Crippen LogP contribution in [-0.2, 0) is 11.3 Å². The molecule has 1 aromatic heterocycles. The first kappa shape index (κ1) is 19.4. The normalized spacial score (nSPS) is 13.5. The molecule has 2 unspecified atom stereocenters. The molecule has 1 N–H and O–H groups in total. The Balaban J connectivity index is 1.53. The zero-order chi connectivity index (χ0) is 20.2. The maximum absolute atomic E-state index is 10.7. The number of hydrogen-bond donors (Lipinski definition) is 1. The van der Waals surface area contributed by atoms with Crippen molar-refractivity contribution in [3.63, 3.8) is 0 Å². The summed E-state index contributed by atoms with van der Waals surface area (Å²) in [5.74, 6) is 0.892. The van der Waals surface area contributed by atoms with Crippen LogP contribution < -0.4 is 0 Å². The van der Waals surface area contributed by atoms with Crippen LogP contribution in [0.4, 0.5) is 0 Å². The van der Waals surface area contributed by atoms with Gasteiger partial charge in [0.15, 0.2) is 0 Å². The minimum absolute atomic E-state index is 0.215. The minimum atomic E-state index is -0.637. The summed E-state index contributed by atoms with van der Waals surface area (Å²) in [6.45, 7) is 4.74. The first-order valence-corrected chi connectivity index (χ1v) is 9.95. The minimum Gasteiger partial charge on any atom is -0.389 e. The fourth-order valence-corrected chi connectivity index (χ4v) is 3.77. The van der Waals surface area contributed by atoms with Crippen molar-refractivity contribution in [2.24, 2.45) is 0 Å². The van der Waals surface area contributed by atoms with E-state index in [4.69, 9.17) is 4.74 Å². The van der Waals surface area contributed by atoms with Gasteiger partial charge in [0.1, 0.15) is 11.9 Å². The Morgan fingerprint density at radius 3 is 2.38 bits per heavy atom. The van der Waals surface area contributed by atoms with Crippen molar-refractivity contribution in [3.05, 3.63) is 101 Å². The van der Waals surface area contributed by atoms with Crippen molar-refractivity contribution in [3.8, 4) is 0 Å². The van der Waals surface area contributed by atoms with E-state index in [0.717, 1.165) is 28.0 Å². The molecule has 0 saturated carbocycles.